The van der Waals surface area contributed by atoms with Crippen LogP contribution in [0.5, 0.6) is 0 Å². The Hall–Kier alpha value is 1.27. The first-order valence-electron chi connectivity index (χ1n) is 7.63. The molecule has 0 aromatic carbocycles. The molecule has 22 heavy (non-hydrogen) atoms. The summed E-state index contributed by atoms with van der Waals surface area (Å²) in [5, 5.41) is 0. The van der Waals surface area contributed by atoms with Crippen LogP contribution < -0.4 is 0 Å². The zero-order valence-corrected chi connectivity index (χ0v) is 19.8. The average Bonchev–Trinajstić information content (AvgIpc) is 1.83. The molecular formula is C16H36O4Ti2. The summed E-state index contributed by atoms with van der Waals surface area (Å²) in [6.07, 6.45) is 0. The van der Waals surface area contributed by atoms with E-state index in [0.717, 1.165) is 0 Å². The van der Waals surface area contributed by atoms with E-state index in [-0.39, 0.29) is 21.7 Å². The predicted molar refractivity (Wildman–Crippen MR) is 83.4 cm³/mol. The van der Waals surface area contributed by atoms with Gasteiger partial charge in [-0.15, -0.1) is 0 Å². The van der Waals surface area contributed by atoms with Gasteiger partial charge in [0.1, 0.15) is 0 Å². The third kappa shape index (κ3) is 13.7. The Kier molecular flexibility index (Phi) is 9.39. The molecule has 0 rings (SSSR count). The molecule has 0 unspecified atom stereocenters. The van der Waals surface area contributed by atoms with Crippen molar-refractivity contribution in [3.05, 3.63) is 0 Å². The maximum atomic E-state index is 6.27. The van der Waals surface area contributed by atoms with Crippen LogP contribution in [-0.2, 0) is 53.1 Å². The standard InChI is InChI=1S/4C4H9O.2Ti/c4*1-4(2,3)5;;/h4*1-3H3;;/q4*-1;;+4. The van der Waals surface area contributed by atoms with E-state index < -0.39 is 40.5 Å². The second-order valence-corrected chi connectivity index (χ2v) is 12.2. The third-order valence-corrected chi connectivity index (χ3v) is 7.11. The van der Waals surface area contributed by atoms with Gasteiger partial charge in [-0.25, -0.2) is 0 Å². The van der Waals surface area contributed by atoms with Gasteiger partial charge in [-0.05, 0) is 0 Å². The SMILES string of the molecule is CC(C)(C)[O][Ti]([O]C(C)(C)C)([O]C(C)(C)C)[O]C(C)(C)C.[Ti]. The number of hydrogen-bond donors (Lipinski definition) is 0. The summed E-state index contributed by atoms with van der Waals surface area (Å²) in [5.74, 6) is 0. The first-order chi connectivity index (χ1) is 8.83. The molecular weight excluding hydrogens is 352 g/mol. The molecule has 0 aromatic rings. The summed E-state index contributed by atoms with van der Waals surface area (Å²) >= 11 is -3.96. The molecule has 0 fully saturated rings. The normalized spacial score (nSPS) is 14.7. The summed E-state index contributed by atoms with van der Waals surface area (Å²) in [4.78, 5) is 0. The van der Waals surface area contributed by atoms with Crippen LogP contribution in [0.25, 0.3) is 0 Å². The van der Waals surface area contributed by atoms with Crippen molar-refractivity contribution >= 4 is 0 Å². The molecule has 0 atom stereocenters. The van der Waals surface area contributed by atoms with Crippen molar-refractivity contribution in [2.24, 2.45) is 0 Å². The van der Waals surface area contributed by atoms with Gasteiger partial charge in [0, 0.05) is 21.7 Å². The van der Waals surface area contributed by atoms with Crippen molar-refractivity contribution in [2.45, 2.75) is 105 Å². The fourth-order valence-electron chi connectivity index (χ4n) is 1.63. The first-order valence-corrected chi connectivity index (χ1v) is 10.2. The topological polar surface area (TPSA) is 36.9 Å². The van der Waals surface area contributed by atoms with E-state index >= 15 is 0 Å². The molecule has 0 bridgehead atoms. The van der Waals surface area contributed by atoms with E-state index in [1.165, 1.54) is 0 Å². The van der Waals surface area contributed by atoms with Crippen molar-refractivity contribution in [1.29, 1.82) is 0 Å². The van der Waals surface area contributed by atoms with Gasteiger partial charge < -0.3 is 0 Å². The third-order valence-electron chi connectivity index (χ3n) is 1.72. The minimum Gasteiger partial charge on any atom is 0 e. The van der Waals surface area contributed by atoms with E-state index in [0.29, 0.717) is 0 Å². The van der Waals surface area contributed by atoms with Gasteiger partial charge in [-0.2, -0.15) is 0 Å². The molecule has 6 heteroatoms. The summed E-state index contributed by atoms with van der Waals surface area (Å²) < 4.78 is 25.1. The smallest absolute Gasteiger partial charge is 0 e. The summed E-state index contributed by atoms with van der Waals surface area (Å²) in [5.41, 5.74) is -1.60. The Balaban J connectivity index is 0. The zero-order valence-electron chi connectivity index (χ0n) is 16.6. The van der Waals surface area contributed by atoms with Crippen molar-refractivity contribution in [1.82, 2.24) is 0 Å². The van der Waals surface area contributed by atoms with E-state index in [9.17, 15) is 0 Å². The molecule has 0 saturated carbocycles. The van der Waals surface area contributed by atoms with Crippen LogP contribution in [0.2, 0.25) is 0 Å². The van der Waals surface area contributed by atoms with Crippen LogP contribution >= 0.6 is 0 Å². The van der Waals surface area contributed by atoms with Gasteiger partial charge in [-0.1, -0.05) is 0 Å². The molecule has 132 valence electrons. The van der Waals surface area contributed by atoms with Crippen LogP contribution in [0.3, 0.4) is 0 Å². The van der Waals surface area contributed by atoms with Crippen molar-refractivity contribution in [2.75, 3.05) is 0 Å². The largest absolute Gasteiger partial charge is 0 e. The maximum absolute atomic E-state index is 6.27. The van der Waals surface area contributed by atoms with Gasteiger partial charge in [0.15, 0.2) is 0 Å². The summed E-state index contributed by atoms with van der Waals surface area (Å²) in [6.45, 7) is 24.0. The minimum absolute atomic E-state index is 0. The van der Waals surface area contributed by atoms with E-state index in [1.807, 2.05) is 83.1 Å². The summed E-state index contributed by atoms with van der Waals surface area (Å²) in [7, 11) is 0. The van der Waals surface area contributed by atoms with Crippen LogP contribution in [0.15, 0.2) is 0 Å². The fourth-order valence-corrected chi connectivity index (χ4v) is 6.70. The molecule has 0 aliphatic carbocycles. The van der Waals surface area contributed by atoms with Crippen LogP contribution in [0.1, 0.15) is 83.1 Å². The van der Waals surface area contributed by atoms with Gasteiger partial charge in [-0.3, -0.25) is 0 Å². The molecule has 0 spiro atoms. The zero-order chi connectivity index (χ0) is 17.3. The molecule has 0 amide bonds. The van der Waals surface area contributed by atoms with Crippen molar-refractivity contribution in [3.8, 4) is 0 Å². The molecule has 0 radical (unpaired) electrons. The van der Waals surface area contributed by atoms with Crippen LogP contribution in [0.4, 0.5) is 0 Å². The number of hydrogen-bond acceptors (Lipinski definition) is 4. The van der Waals surface area contributed by atoms with Gasteiger partial charge in [0.05, 0.1) is 0 Å². The van der Waals surface area contributed by atoms with Crippen molar-refractivity contribution in [3.63, 3.8) is 0 Å². The maximum Gasteiger partial charge on any atom is 0 e. The van der Waals surface area contributed by atoms with E-state index in [2.05, 4.69) is 0 Å². The fraction of sp³-hybridized carbons (Fsp3) is 1.00. The molecule has 0 aliphatic rings. The molecule has 0 aromatic heterocycles. The predicted octanol–water partition coefficient (Wildman–Crippen LogP) is 5.06. The molecule has 0 saturated heterocycles. The van der Waals surface area contributed by atoms with E-state index in [4.69, 9.17) is 13.3 Å². The Morgan fingerprint density at radius 2 is 0.545 bits per heavy atom. The second-order valence-electron chi connectivity index (χ2n) is 9.36. The average molecular weight is 388 g/mol. The molecule has 0 heterocycles. The minimum atomic E-state index is -3.96. The summed E-state index contributed by atoms with van der Waals surface area (Å²) in [6, 6.07) is 0. The van der Waals surface area contributed by atoms with E-state index in [1.54, 1.807) is 0 Å². The Morgan fingerprint density at radius 1 is 0.409 bits per heavy atom. The Morgan fingerprint density at radius 3 is 0.636 bits per heavy atom. The van der Waals surface area contributed by atoms with Gasteiger partial charge in [0.2, 0.25) is 0 Å². The monoisotopic (exact) mass is 388 g/mol. The molecule has 0 aliphatic heterocycles. The Bertz CT molecular complexity index is 261. The first kappa shape index (κ1) is 25.5. The second kappa shape index (κ2) is 8.10. The van der Waals surface area contributed by atoms with Crippen LogP contribution in [-0.4, -0.2) is 22.4 Å². The van der Waals surface area contributed by atoms with Gasteiger partial charge in [0.25, 0.3) is 0 Å². The quantitative estimate of drug-likeness (QED) is 0.631. The van der Waals surface area contributed by atoms with Crippen LogP contribution in [0, 0.1) is 0 Å². The Labute approximate surface area is 158 Å². The number of rotatable bonds is 4. The van der Waals surface area contributed by atoms with Crippen molar-refractivity contribution < 1.29 is 53.1 Å². The van der Waals surface area contributed by atoms with Gasteiger partial charge >= 0.3 is 137 Å². The molecule has 4 nitrogen and oxygen atoms in total. The molecule has 0 N–H and O–H groups in total.